The number of benzene rings is 1. The molecule has 0 saturated carbocycles. The molecule has 0 unspecified atom stereocenters. The van der Waals surface area contributed by atoms with Gasteiger partial charge in [-0.3, -0.25) is 4.79 Å². The molecule has 0 aliphatic carbocycles. The number of carbonyl (C=O) groups is 1. The highest BCUT2D eigenvalue weighted by Gasteiger charge is 2.21. The summed E-state index contributed by atoms with van der Waals surface area (Å²) >= 11 is 7.23. The zero-order valence-electron chi connectivity index (χ0n) is 13.9. The number of thiophene rings is 1. The minimum Gasteiger partial charge on any atom is -0.495 e. The molecule has 25 heavy (non-hydrogen) atoms. The Morgan fingerprint density at radius 3 is 2.64 bits per heavy atom. The molecule has 6 heteroatoms. The smallest absolute Gasteiger partial charge is 0.267 e. The number of rotatable bonds is 5. The second-order valence-corrected chi connectivity index (χ2v) is 6.96. The summed E-state index contributed by atoms with van der Waals surface area (Å²) in [7, 11) is 3.34. The lowest BCUT2D eigenvalue weighted by molar-refractivity contribution is 0.0787. The van der Waals surface area contributed by atoms with Gasteiger partial charge in [0, 0.05) is 24.7 Å². The molecule has 3 aromatic rings. The number of aromatic nitrogens is 1. The lowest BCUT2D eigenvalue weighted by Gasteiger charge is -2.16. The van der Waals surface area contributed by atoms with Gasteiger partial charge in [0.1, 0.15) is 15.8 Å². The van der Waals surface area contributed by atoms with E-state index in [1.165, 1.54) is 11.3 Å². The van der Waals surface area contributed by atoms with Crippen molar-refractivity contribution in [1.29, 1.82) is 0 Å². The second kappa shape index (κ2) is 7.68. The normalized spacial score (nSPS) is 10.5. The average molecular weight is 373 g/mol. The van der Waals surface area contributed by atoms with E-state index in [0.29, 0.717) is 22.3 Å². The van der Waals surface area contributed by atoms with Gasteiger partial charge >= 0.3 is 0 Å². The summed E-state index contributed by atoms with van der Waals surface area (Å²) in [6.45, 7) is 0.449. The van der Waals surface area contributed by atoms with Crippen LogP contribution in [0.5, 0.6) is 5.75 Å². The summed E-state index contributed by atoms with van der Waals surface area (Å²) in [5.41, 5.74) is 1.98. The number of halogens is 1. The van der Waals surface area contributed by atoms with Crippen molar-refractivity contribution in [3.63, 3.8) is 0 Å². The van der Waals surface area contributed by atoms with Crippen LogP contribution in [-0.2, 0) is 6.54 Å². The van der Waals surface area contributed by atoms with Gasteiger partial charge in [-0.05, 0) is 23.3 Å². The maximum absolute atomic E-state index is 12.9. The predicted octanol–water partition coefficient (Wildman–Crippen LogP) is 4.74. The van der Waals surface area contributed by atoms with E-state index >= 15 is 0 Å². The highest BCUT2D eigenvalue weighted by atomic mass is 35.5. The van der Waals surface area contributed by atoms with Crippen LogP contribution >= 0.6 is 22.9 Å². The number of carbonyl (C=O) groups excluding carboxylic acids is 1. The fourth-order valence-corrected chi connectivity index (χ4v) is 3.68. The van der Waals surface area contributed by atoms with Crippen molar-refractivity contribution in [2.24, 2.45) is 0 Å². The first-order valence-electron chi connectivity index (χ1n) is 7.67. The van der Waals surface area contributed by atoms with Crippen molar-refractivity contribution in [1.82, 2.24) is 9.88 Å². The molecule has 2 aromatic heterocycles. The summed E-state index contributed by atoms with van der Waals surface area (Å²) in [5, 5.41) is 0.435. The largest absolute Gasteiger partial charge is 0.495 e. The first-order chi connectivity index (χ1) is 12.1. The van der Waals surface area contributed by atoms with Gasteiger partial charge in [0.25, 0.3) is 5.91 Å². The van der Waals surface area contributed by atoms with Crippen LogP contribution in [0.2, 0.25) is 5.15 Å². The van der Waals surface area contributed by atoms with Gasteiger partial charge in [0.2, 0.25) is 0 Å². The Morgan fingerprint density at radius 1 is 1.24 bits per heavy atom. The van der Waals surface area contributed by atoms with Gasteiger partial charge in [-0.2, -0.15) is 0 Å². The number of amides is 1. The highest BCUT2D eigenvalue weighted by molar-refractivity contribution is 7.17. The SMILES string of the molecule is COc1cc(-c2ccccc2)sc1C(=O)N(C)Cc1ccc(Cl)nc1. The number of methoxy groups -OCH3 is 1. The fraction of sp³-hybridized carbons (Fsp3) is 0.158. The van der Waals surface area contributed by atoms with Crippen LogP contribution < -0.4 is 4.74 Å². The molecule has 4 nitrogen and oxygen atoms in total. The standard InChI is InChI=1S/C19H17ClN2O2S/c1-22(12-13-8-9-17(20)21-11-13)19(23)18-15(24-2)10-16(25-18)14-6-4-3-5-7-14/h3-11H,12H2,1-2H3. The van der Waals surface area contributed by atoms with Crippen molar-refractivity contribution in [3.05, 3.63) is 70.3 Å². The van der Waals surface area contributed by atoms with Gasteiger partial charge in [-0.1, -0.05) is 48.0 Å². The van der Waals surface area contributed by atoms with Gasteiger partial charge in [-0.15, -0.1) is 11.3 Å². The predicted molar refractivity (Wildman–Crippen MR) is 101 cm³/mol. The number of ether oxygens (including phenoxy) is 1. The lowest BCUT2D eigenvalue weighted by Crippen LogP contribution is -2.25. The van der Waals surface area contributed by atoms with E-state index in [0.717, 1.165) is 16.0 Å². The molecular formula is C19H17ClN2O2S. The molecular weight excluding hydrogens is 356 g/mol. The van der Waals surface area contributed by atoms with E-state index < -0.39 is 0 Å². The maximum atomic E-state index is 12.9. The first kappa shape index (κ1) is 17.5. The molecule has 1 aromatic carbocycles. The summed E-state index contributed by atoms with van der Waals surface area (Å²) in [6.07, 6.45) is 1.67. The van der Waals surface area contributed by atoms with Gasteiger partial charge in [0.05, 0.1) is 7.11 Å². The molecule has 0 radical (unpaired) electrons. The van der Waals surface area contributed by atoms with Gasteiger partial charge < -0.3 is 9.64 Å². The zero-order valence-corrected chi connectivity index (χ0v) is 15.5. The van der Waals surface area contributed by atoms with Crippen molar-refractivity contribution >= 4 is 28.8 Å². The van der Waals surface area contributed by atoms with E-state index in [1.54, 1.807) is 31.3 Å². The summed E-state index contributed by atoms with van der Waals surface area (Å²) in [4.78, 5) is 20.1. The third-order valence-electron chi connectivity index (χ3n) is 3.73. The van der Waals surface area contributed by atoms with Crippen LogP contribution in [0, 0.1) is 0 Å². The van der Waals surface area contributed by atoms with Crippen LogP contribution in [0.15, 0.2) is 54.7 Å². The van der Waals surface area contributed by atoms with Crippen molar-refractivity contribution in [2.45, 2.75) is 6.54 Å². The molecule has 3 rings (SSSR count). The molecule has 0 N–H and O–H groups in total. The maximum Gasteiger partial charge on any atom is 0.267 e. The van der Waals surface area contributed by atoms with Crippen molar-refractivity contribution < 1.29 is 9.53 Å². The topological polar surface area (TPSA) is 42.4 Å². The molecule has 0 atom stereocenters. The van der Waals surface area contributed by atoms with Gasteiger partial charge in [0.15, 0.2) is 0 Å². The molecule has 0 aliphatic heterocycles. The summed E-state index contributed by atoms with van der Waals surface area (Å²) < 4.78 is 5.42. The van der Waals surface area contributed by atoms with E-state index in [9.17, 15) is 4.79 Å². The van der Waals surface area contributed by atoms with Crippen LogP contribution in [0.3, 0.4) is 0 Å². The minimum atomic E-state index is -0.0843. The number of nitrogens with zero attached hydrogens (tertiary/aromatic N) is 2. The van der Waals surface area contributed by atoms with E-state index in [4.69, 9.17) is 16.3 Å². The number of hydrogen-bond acceptors (Lipinski definition) is 4. The van der Waals surface area contributed by atoms with E-state index in [1.807, 2.05) is 42.5 Å². The van der Waals surface area contributed by atoms with E-state index in [-0.39, 0.29) is 5.91 Å². The molecule has 2 heterocycles. The van der Waals surface area contributed by atoms with Crippen molar-refractivity contribution in [3.8, 4) is 16.2 Å². The first-order valence-corrected chi connectivity index (χ1v) is 8.87. The molecule has 0 saturated heterocycles. The van der Waals surface area contributed by atoms with Crippen LogP contribution in [0.4, 0.5) is 0 Å². The zero-order chi connectivity index (χ0) is 17.8. The van der Waals surface area contributed by atoms with Crippen LogP contribution in [0.1, 0.15) is 15.2 Å². The summed E-state index contributed by atoms with van der Waals surface area (Å²) in [6, 6.07) is 15.4. The third kappa shape index (κ3) is 4.00. The molecule has 0 bridgehead atoms. The Morgan fingerprint density at radius 2 is 2.00 bits per heavy atom. The second-order valence-electron chi connectivity index (χ2n) is 5.52. The Balaban J connectivity index is 1.83. The van der Waals surface area contributed by atoms with Crippen molar-refractivity contribution in [2.75, 3.05) is 14.2 Å². The van der Waals surface area contributed by atoms with Crippen LogP contribution in [0.25, 0.3) is 10.4 Å². The average Bonchev–Trinajstić information content (AvgIpc) is 3.08. The third-order valence-corrected chi connectivity index (χ3v) is 5.10. The van der Waals surface area contributed by atoms with E-state index in [2.05, 4.69) is 4.98 Å². The quantitative estimate of drug-likeness (QED) is 0.607. The monoisotopic (exact) mass is 372 g/mol. The lowest BCUT2D eigenvalue weighted by atomic mass is 10.2. The summed E-state index contributed by atoms with van der Waals surface area (Å²) in [5.74, 6) is 0.508. The molecule has 1 amide bonds. The molecule has 128 valence electrons. The Kier molecular flexibility index (Phi) is 5.36. The number of hydrogen-bond donors (Lipinski definition) is 0. The fourth-order valence-electron chi connectivity index (χ4n) is 2.44. The molecule has 0 spiro atoms. The Bertz CT molecular complexity index is 863. The highest BCUT2D eigenvalue weighted by Crippen LogP contribution is 2.36. The minimum absolute atomic E-state index is 0.0843. The Labute approximate surface area is 155 Å². The van der Waals surface area contributed by atoms with Crippen LogP contribution in [-0.4, -0.2) is 29.9 Å². The number of pyridine rings is 1. The van der Waals surface area contributed by atoms with Gasteiger partial charge in [-0.25, -0.2) is 4.98 Å². The molecule has 0 fully saturated rings. The Hall–Kier alpha value is -2.37. The molecule has 0 aliphatic rings.